The number of carbonyl (C=O) groups excluding carboxylic acids is 2. The lowest BCUT2D eigenvalue weighted by Gasteiger charge is -2.08. The van der Waals surface area contributed by atoms with Gasteiger partial charge in [0, 0.05) is 0 Å². The van der Waals surface area contributed by atoms with E-state index in [1.54, 1.807) is 31.2 Å². The molecule has 20 heavy (non-hydrogen) atoms. The van der Waals surface area contributed by atoms with Gasteiger partial charge in [0.2, 0.25) is 0 Å². The third kappa shape index (κ3) is 5.03. The van der Waals surface area contributed by atoms with Crippen LogP contribution in [0, 0.1) is 0 Å². The van der Waals surface area contributed by atoms with E-state index in [0.717, 1.165) is 25.7 Å². The molecule has 0 amide bonds. The number of esters is 2. The highest BCUT2D eigenvalue weighted by molar-refractivity contribution is 6.03. The van der Waals surface area contributed by atoms with E-state index in [1.807, 2.05) is 0 Å². The van der Waals surface area contributed by atoms with Gasteiger partial charge in [0.15, 0.2) is 0 Å². The monoisotopic (exact) mass is 278 g/mol. The zero-order valence-corrected chi connectivity index (χ0v) is 12.2. The van der Waals surface area contributed by atoms with E-state index >= 15 is 0 Å². The van der Waals surface area contributed by atoms with Gasteiger partial charge in [0.25, 0.3) is 0 Å². The number of benzene rings is 1. The van der Waals surface area contributed by atoms with Crippen molar-refractivity contribution >= 4 is 11.9 Å². The Morgan fingerprint density at radius 2 is 1.50 bits per heavy atom. The fraction of sp³-hybridized carbons (Fsp3) is 0.500. The summed E-state index contributed by atoms with van der Waals surface area (Å²) in [6.45, 7) is 4.52. The Hall–Kier alpha value is -1.84. The average molecular weight is 278 g/mol. The van der Waals surface area contributed by atoms with E-state index in [9.17, 15) is 9.59 Å². The molecule has 0 aliphatic heterocycles. The molecule has 0 saturated heterocycles. The van der Waals surface area contributed by atoms with Crippen LogP contribution in [0.5, 0.6) is 0 Å². The summed E-state index contributed by atoms with van der Waals surface area (Å²) in [6, 6.07) is 6.56. The van der Waals surface area contributed by atoms with Crippen LogP contribution in [0.3, 0.4) is 0 Å². The van der Waals surface area contributed by atoms with Crippen molar-refractivity contribution in [2.45, 2.75) is 39.5 Å². The van der Waals surface area contributed by atoms with Crippen molar-refractivity contribution in [1.82, 2.24) is 0 Å². The van der Waals surface area contributed by atoms with Gasteiger partial charge < -0.3 is 9.47 Å². The summed E-state index contributed by atoms with van der Waals surface area (Å²) < 4.78 is 10.1. The summed E-state index contributed by atoms with van der Waals surface area (Å²) in [5, 5.41) is 0. The van der Waals surface area contributed by atoms with Crippen molar-refractivity contribution < 1.29 is 19.1 Å². The minimum absolute atomic E-state index is 0.257. The van der Waals surface area contributed by atoms with Gasteiger partial charge in [-0.05, 0) is 25.5 Å². The molecule has 0 aliphatic carbocycles. The minimum Gasteiger partial charge on any atom is -0.462 e. The zero-order chi connectivity index (χ0) is 14.8. The fourth-order valence-electron chi connectivity index (χ4n) is 1.82. The number of rotatable bonds is 8. The molecule has 1 aromatic rings. The fourth-order valence-corrected chi connectivity index (χ4v) is 1.82. The van der Waals surface area contributed by atoms with Gasteiger partial charge in [-0.3, -0.25) is 0 Å². The molecule has 0 fully saturated rings. The number of hydrogen-bond acceptors (Lipinski definition) is 4. The molecule has 0 atom stereocenters. The molecular weight excluding hydrogens is 256 g/mol. The lowest BCUT2D eigenvalue weighted by molar-refractivity contribution is 0.0462. The molecule has 0 radical (unpaired) electrons. The Labute approximate surface area is 120 Å². The first-order valence-corrected chi connectivity index (χ1v) is 7.14. The van der Waals surface area contributed by atoms with Gasteiger partial charge in [0.1, 0.15) is 0 Å². The average Bonchev–Trinajstić information content (AvgIpc) is 2.47. The summed E-state index contributed by atoms with van der Waals surface area (Å²) in [7, 11) is 0. The molecule has 0 N–H and O–H groups in total. The summed E-state index contributed by atoms with van der Waals surface area (Å²) in [4.78, 5) is 23.7. The molecule has 0 spiro atoms. The van der Waals surface area contributed by atoms with Crippen LogP contribution in [0.2, 0.25) is 0 Å². The van der Waals surface area contributed by atoms with Gasteiger partial charge in [-0.1, -0.05) is 38.3 Å². The summed E-state index contributed by atoms with van der Waals surface area (Å²) in [5.74, 6) is -0.962. The maximum atomic E-state index is 12.0. The second-order valence-corrected chi connectivity index (χ2v) is 4.46. The van der Waals surface area contributed by atoms with Crippen molar-refractivity contribution in [1.29, 1.82) is 0 Å². The molecule has 1 rings (SSSR count). The smallest absolute Gasteiger partial charge is 0.339 e. The molecular formula is C16H22O4. The lowest BCUT2D eigenvalue weighted by atomic mass is 10.1. The van der Waals surface area contributed by atoms with Gasteiger partial charge >= 0.3 is 11.9 Å². The largest absolute Gasteiger partial charge is 0.462 e. The lowest BCUT2D eigenvalue weighted by Crippen LogP contribution is -2.14. The molecule has 0 saturated carbocycles. The maximum Gasteiger partial charge on any atom is 0.339 e. The Morgan fingerprint density at radius 3 is 2.05 bits per heavy atom. The highest BCUT2D eigenvalue weighted by Crippen LogP contribution is 2.12. The van der Waals surface area contributed by atoms with Crippen LogP contribution in [0.15, 0.2) is 24.3 Å². The first-order valence-electron chi connectivity index (χ1n) is 7.14. The number of carbonyl (C=O) groups is 2. The molecule has 4 heteroatoms. The minimum atomic E-state index is -0.494. The second-order valence-electron chi connectivity index (χ2n) is 4.46. The third-order valence-electron chi connectivity index (χ3n) is 2.87. The van der Waals surface area contributed by atoms with Crippen molar-refractivity contribution in [2.75, 3.05) is 13.2 Å². The number of ether oxygens (including phenoxy) is 2. The second kappa shape index (κ2) is 9.13. The van der Waals surface area contributed by atoms with Crippen molar-refractivity contribution in [3.63, 3.8) is 0 Å². The molecule has 110 valence electrons. The number of unbranched alkanes of at least 4 members (excludes halogenated alkanes) is 3. The predicted octanol–water partition coefficient (Wildman–Crippen LogP) is 3.60. The molecule has 1 aromatic carbocycles. The summed E-state index contributed by atoms with van der Waals surface area (Å²) in [5.41, 5.74) is 0.523. The molecule has 4 nitrogen and oxygen atoms in total. The molecule has 0 aromatic heterocycles. The maximum absolute atomic E-state index is 12.0. The van der Waals surface area contributed by atoms with E-state index in [4.69, 9.17) is 9.47 Å². The van der Waals surface area contributed by atoms with Crippen LogP contribution in [-0.2, 0) is 9.47 Å². The molecule has 0 heterocycles. The third-order valence-corrected chi connectivity index (χ3v) is 2.87. The Bertz CT molecular complexity index is 440. The topological polar surface area (TPSA) is 52.6 Å². The Balaban J connectivity index is 2.61. The number of hydrogen-bond donors (Lipinski definition) is 0. The van der Waals surface area contributed by atoms with E-state index in [1.165, 1.54) is 0 Å². The molecule has 0 aliphatic rings. The van der Waals surface area contributed by atoms with Crippen LogP contribution in [-0.4, -0.2) is 25.2 Å². The van der Waals surface area contributed by atoms with Crippen LogP contribution < -0.4 is 0 Å². The quantitative estimate of drug-likeness (QED) is 0.538. The van der Waals surface area contributed by atoms with Crippen LogP contribution >= 0.6 is 0 Å². The summed E-state index contributed by atoms with van der Waals surface area (Å²) in [6.07, 6.45) is 4.17. The first-order chi connectivity index (χ1) is 9.70. The van der Waals surface area contributed by atoms with Crippen molar-refractivity contribution in [3.05, 3.63) is 35.4 Å². The van der Waals surface area contributed by atoms with E-state index in [0.29, 0.717) is 6.61 Å². The Kier molecular flexibility index (Phi) is 7.40. The van der Waals surface area contributed by atoms with Gasteiger partial charge in [-0.15, -0.1) is 0 Å². The van der Waals surface area contributed by atoms with Gasteiger partial charge in [0.05, 0.1) is 24.3 Å². The summed E-state index contributed by atoms with van der Waals surface area (Å²) >= 11 is 0. The Morgan fingerprint density at radius 1 is 0.900 bits per heavy atom. The van der Waals surface area contributed by atoms with Gasteiger partial charge in [-0.2, -0.15) is 0 Å². The molecule has 0 bridgehead atoms. The van der Waals surface area contributed by atoms with Crippen LogP contribution in [0.25, 0.3) is 0 Å². The van der Waals surface area contributed by atoms with Crippen LogP contribution in [0.1, 0.15) is 60.2 Å². The van der Waals surface area contributed by atoms with E-state index in [2.05, 4.69) is 6.92 Å². The van der Waals surface area contributed by atoms with Crippen molar-refractivity contribution in [2.24, 2.45) is 0 Å². The standard InChI is InChI=1S/C16H22O4/c1-3-5-6-9-12-20-16(18)14-11-8-7-10-13(14)15(17)19-4-2/h7-8,10-11H,3-6,9,12H2,1-2H3. The highest BCUT2D eigenvalue weighted by atomic mass is 16.5. The van der Waals surface area contributed by atoms with Gasteiger partial charge in [-0.25, -0.2) is 9.59 Å². The SMILES string of the molecule is CCCCCCOC(=O)c1ccccc1C(=O)OCC. The normalized spacial score (nSPS) is 10.1. The molecule has 0 unspecified atom stereocenters. The van der Waals surface area contributed by atoms with E-state index < -0.39 is 11.9 Å². The van der Waals surface area contributed by atoms with E-state index in [-0.39, 0.29) is 17.7 Å². The zero-order valence-electron chi connectivity index (χ0n) is 12.2. The first kappa shape index (κ1) is 16.2. The van der Waals surface area contributed by atoms with Crippen LogP contribution in [0.4, 0.5) is 0 Å². The predicted molar refractivity (Wildman–Crippen MR) is 76.8 cm³/mol. The highest BCUT2D eigenvalue weighted by Gasteiger charge is 2.18. The van der Waals surface area contributed by atoms with Crippen molar-refractivity contribution in [3.8, 4) is 0 Å².